The molecule has 0 saturated carbocycles. The lowest BCUT2D eigenvalue weighted by atomic mass is 9.96. The van der Waals surface area contributed by atoms with E-state index in [0.29, 0.717) is 18.3 Å². The molecule has 0 aromatic carbocycles. The monoisotopic (exact) mass is 205 g/mol. The summed E-state index contributed by atoms with van der Waals surface area (Å²) < 4.78 is 0. The van der Waals surface area contributed by atoms with Gasteiger partial charge in [-0.3, -0.25) is 4.79 Å². The Balaban J connectivity index is 4.19. The van der Waals surface area contributed by atoms with Gasteiger partial charge in [0.05, 0.1) is 0 Å². The maximum atomic E-state index is 11.8. The molecule has 3 heteroatoms. The Hall–Kier alpha value is -0.240. The fourth-order valence-corrected chi connectivity index (χ4v) is 1.30. The highest BCUT2D eigenvalue weighted by Crippen LogP contribution is 2.13. The van der Waals surface area contributed by atoms with E-state index in [2.05, 4.69) is 13.8 Å². The standard InChI is InChI=1S/C10H20ClNO/c1-5-12(7-6-11)10(13)9(4)8(2)3/h8-9H,5-7H2,1-4H3. The van der Waals surface area contributed by atoms with Crippen molar-refractivity contribution in [2.24, 2.45) is 11.8 Å². The van der Waals surface area contributed by atoms with Crippen LogP contribution in [-0.4, -0.2) is 29.8 Å². The molecule has 0 bridgehead atoms. The quantitative estimate of drug-likeness (QED) is 0.632. The molecule has 1 amide bonds. The molecule has 0 radical (unpaired) electrons. The van der Waals surface area contributed by atoms with E-state index in [1.807, 2.05) is 18.7 Å². The lowest BCUT2D eigenvalue weighted by Crippen LogP contribution is -2.38. The third kappa shape index (κ3) is 3.99. The van der Waals surface area contributed by atoms with Gasteiger partial charge in [-0.15, -0.1) is 11.6 Å². The van der Waals surface area contributed by atoms with Crippen LogP contribution in [0.25, 0.3) is 0 Å². The summed E-state index contributed by atoms with van der Waals surface area (Å²) in [6.45, 7) is 9.51. The van der Waals surface area contributed by atoms with Gasteiger partial charge in [0.15, 0.2) is 0 Å². The number of nitrogens with zero attached hydrogens (tertiary/aromatic N) is 1. The van der Waals surface area contributed by atoms with Crippen LogP contribution in [0.2, 0.25) is 0 Å². The number of hydrogen-bond acceptors (Lipinski definition) is 1. The molecule has 1 atom stereocenters. The first-order valence-corrected chi connectivity index (χ1v) is 5.42. The van der Waals surface area contributed by atoms with Gasteiger partial charge in [0.1, 0.15) is 0 Å². The molecule has 1 unspecified atom stereocenters. The lowest BCUT2D eigenvalue weighted by Gasteiger charge is -2.25. The largest absolute Gasteiger partial charge is 0.342 e. The maximum Gasteiger partial charge on any atom is 0.225 e. The van der Waals surface area contributed by atoms with Crippen molar-refractivity contribution in [3.05, 3.63) is 0 Å². The van der Waals surface area contributed by atoms with Crippen LogP contribution in [0.3, 0.4) is 0 Å². The highest BCUT2D eigenvalue weighted by molar-refractivity contribution is 6.18. The Bertz CT molecular complexity index is 159. The summed E-state index contributed by atoms with van der Waals surface area (Å²) in [6.07, 6.45) is 0. The fraction of sp³-hybridized carbons (Fsp3) is 0.900. The van der Waals surface area contributed by atoms with Gasteiger partial charge < -0.3 is 4.90 Å². The molecule has 78 valence electrons. The van der Waals surface area contributed by atoms with Gasteiger partial charge in [0, 0.05) is 24.9 Å². The van der Waals surface area contributed by atoms with E-state index in [1.54, 1.807) is 0 Å². The number of alkyl halides is 1. The van der Waals surface area contributed by atoms with Crippen molar-refractivity contribution < 1.29 is 4.79 Å². The summed E-state index contributed by atoms with van der Waals surface area (Å²) in [5.74, 6) is 1.24. The van der Waals surface area contributed by atoms with E-state index in [9.17, 15) is 4.79 Å². The first kappa shape index (κ1) is 12.8. The van der Waals surface area contributed by atoms with Crippen molar-refractivity contribution in [1.29, 1.82) is 0 Å². The summed E-state index contributed by atoms with van der Waals surface area (Å²) in [5, 5.41) is 0. The molecule has 0 fully saturated rings. The average molecular weight is 206 g/mol. The van der Waals surface area contributed by atoms with Gasteiger partial charge in [-0.05, 0) is 12.8 Å². The predicted octanol–water partition coefficient (Wildman–Crippen LogP) is 2.37. The Labute approximate surface area is 86.2 Å². The predicted molar refractivity (Wildman–Crippen MR) is 57.0 cm³/mol. The summed E-state index contributed by atoms with van der Waals surface area (Å²) in [6, 6.07) is 0. The third-order valence-electron chi connectivity index (χ3n) is 2.44. The number of carbonyl (C=O) groups is 1. The minimum atomic E-state index is 0.100. The molecule has 0 spiro atoms. The number of halogens is 1. The molecule has 0 aliphatic carbocycles. The molecule has 0 aliphatic heterocycles. The summed E-state index contributed by atoms with van der Waals surface area (Å²) >= 11 is 5.61. The Morgan fingerprint density at radius 3 is 2.23 bits per heavy atom. The molecule has 0 aromatic rings. The molecule has 0 N–H and O–H groups in total. The number of amides is 1. The third-order valence-corrected chi connectivity index (χ3v) is 2.61. The Kier molecular flexibility index (Phi) is 6.13. The topological polar surface area (TPSA) is 20.3 Å². The van der Waals surface area contributed by atoms with Gasteiger partial charge >= 0.3 is 0 Å². The van der Waals surface area contributed by atoms with Crippen LogP contribution >= 0.6 is 11.6 Å². The second-order valence-corrected chi connectivity index (χ2v) is 4.02. The van der Waals surface area contributed by atoms with Crippen LogP contribution in [0, 0.1) is 11.8 Å². The van der Waals surface area contributed by atoms with E-state index >= 15 is 0 Å². The Morgan fingerprint density at radius 1 is 1.38 bits per heavy atom. The number of rotatable bonds is 5. The first-order valence-electron chi connectivity index (χ1n) is 4.89. The number of carbonyl (C=O) groups excluding carboxylic acids is 1. The molecular weight excluding hydrogens is 186 g/mol. The molecule has 2 nitrogen and oxygen atoms in total. The fourth-order valence-electron chi connectivity index (χ4n) is 1.10. The maximum absolute atomic E-state index is 11.8. The van der Waals surface area contributed by atoms with Gasteiger partial charge in [-0.25, -0.2) is 0 Å². The molecule has 13 heavy (non-hydrogen) atoms. The zero-order valence-electron chi connectivity index (χ0n) is 9.01. The summed E-state index contributed by atoms with van der Waals surface area (Å²) in [4.78, 5) is 13.6. The smallest absolute Gasteiger partial charge is 0.225 e. The van der Waals surface area contributed by atoms with Gasteiger partial charge in [-0.1, -0.05) is 20.8 Å². The normalized spacial score (nSPS) is 13.1. The van der Waals surface area contributed by atoms with Crippen LogP contribution < -0.4 is 0 Å². The zero-order valence-corrected chi connectivity index (χ0v) is 9.77. The van der Waals surface area contributed by atoms with Gasteiger partial charge in [-0.2, -0.15) is 0 Å². The van der Waals surface area contributed by atoms with Gasteiger partial charge in [0.25, 0.3) is 0 Å². The zero-order chi connectivity index (χ0) is 10.4. The van der Waals surface area contributed by atoms with Crippen molar-refractivity contribution in [2.45, 2.75) is 27.7 Å². The second kappa shape index (κ2) is 6.25. The van der Waals surface area contributed by atoms with Crippen molar-refractivity contribution in [2.75, 3.05) is 19.0 Å². The van der Waals surface area contributed by atoms with Crippen LogP contribution in [0.4, 0.5) is 0 Å². The van der Waals surface area contributed by atoms with Gasteiger partial charge in [0.2, 0.25) is 5.91 Å². The van der Waals surface area contributed by atoms with Crippen molar-refractivity contribution >= 4 is 17.5 Å². The molecule has 0 aromatic heterocycles. The molecule has 0 aliphatic rings. The van der Waals surface area contributed by atoms with E-state index < -0.39 is 0 Å². The summed E-state index contributed by atoms with van der Waals surface area (Å²) in [7, 11) is 0. The molecule has 0 heterocycles. The summed E-state index contributed by atoms with van der Waals surface area (Å²) in [5.41, 5.74) is 0. The van der Waals surface area contributed by atoms with Crippen molar-refractivity contribution in [3.63, 3.8) is 0 Å². The van der Waals surface area contributed by atoms with E-state index in [4.69, 9.17) is 11.6 Å². The van der Waals surface area contributed by atoms with E-state index in [-0.39, 0.29) is 11.8 Å². The van der Waals surface area contributed by atoms with Crippen LogP contribution in [0.1, 0.15) is 27.7 Å². The van der Waals surface area contributed by atoms with Crippen LogP contribution in [0.15, 0.2) is 0 Å². The van der Waals surface area contributed by atoms with E-state index in [0.717, 1.165) is 6.54 Å². The lowest BCUT2D eigenvalue weighted by molar-refractivity contribution is -0.135. The van der Waals surface area contributed by atoms with Crippen molar-refractivity contribution in [1.82, 2.24) is 4.90 Å². The molecular formula is C10H20ClNO. The SMILES string of the molecule is CCN(CCCl)C(=O)C(C)C(C)C. The Morgan fingerprint density at radius 2 is 1.92 bits per heavy atom. The molecule has 0 rings (SSSR count). The highest BCUT2D eigenvalue weighted by atomic mass is 35.5. The minimum absolute atomic E-state index is 0.100. The van der Waals surface area contributed by atoms with Crippen LogP contribution in [-0.2, 0) is 4.79 Å². The van der Waals surface area contributed by atoms with Crippen LogP contribution in [0.5, 0.6) is 0 Å². The van der Waals surface area contributed by atoms with Crippen molar-refractivity contribution in [3.8, 4) is 0 Å². The number of hydrogen-bond donors (Lipinski definition) is 0. The molecule has 0 saturated heterocycles. The highest BCUT2D eigenvalue weighted by Gasteiger charge is 2.21. The van der Waals surface area contributed by atoms with E-state index in [1.165, 1.54) is 0 Å². The minimum Gasteiger partial charge on any atom is -0.342 e. The first-order chi connectivity index (χ1) is 6.04. The average Bonchev–Trinajstić information content (AvgIpc) is 2.11. The second-order valence-electron chi connectivity index (χ2n) is 3.64.